The van der Waals surface area contributed by atoms with E-state index in [4.69, 9.17) is 15.2 Å². The van der Waals surface area contributed by atoms with Crippen LogP contribution in [-0.2, 0) is 0 Å². The number of rotatable bonds is 5. The molecule has 120 valence electrons. The zero-order valence-electron chi connectivity index (χ0n) is 12.5. The second kappa shape index (κ2) is 6.27. The van der Waals surface area contributed by atoms with Crippen molar-refractivity contribution in [3.05, 3.63) is 41.0 Å². The van der Waals surface area contributed by atoms with Gasteiger partial charge in [0.15, 0.2) is 35.1 Å². The Morgan fingerprint density at radius 3 is 2.43 bits per heavy atom. The number of nitrogen functional groups attached to an aromatic ring is 1. The van der Waals surface area contributed by atoms with E-state index in [1.807, 2.05) is 0 Å². The van der Waals surface area contributed by atoms with Gasteiger partial charge in [0.1, 0.15) is 0 Å². The fraction of sp³-hybridized carbons (Fsp3) is 0.125. The Kier molecular flexibility index (Phi) is 4.40. The Balaban J connectivity index is 2.61. The van der Waals surface area contributed by atoms with Crippen molar-refractivity contribution in [3.63, 3.8) is 0 Å². The molecule has 0 unspecified atom stereocenters. The van der Waals surface area contributed by atoms with Crippen LogP contribution in [0.2, 0.25) is 0 Å². The highest BCUT2D eigenvalue weighted by Crippen LogP contribution is 2.39. The lowest BCUT2D eigenvalue weighted by Gasteiger charge is -2.13. The quantitative estimate of drug-likeness (QED) is 0.436. The molecule has 0 aliphatic heterocycles. The van der Waals surface area contributed by atoms with Crippen LogP contribution >= 0.6 is 0 Å². The Bertz CT molecular complexity index is 785. The molecule has 7 heteroatoms. The van der Waals surface area contributed by atoms with Crippen LogP contribution in [0.15, 0.2) is 24.3 Å². The zero-order valence-corrected chi connectivity index (χ0v) is 12.5. The van der Waals surface area contributed by atoms with E-state index in [0.717, 1.165) is 0 Å². The van der Waals surface area contributed by atoms with Crippen LogP contribution in [0.1, 0.15) is 26.3 Å². The van der Waals surface area contributed by atoms with Crippen molar-refractivity contribution >= 4 is 17.8 Å². The minimum atomic E-state index is -0.581. The molecule has 0 aliphatic rings. The number of hydrogen-bond acceptors (Lipinski definition) is 7. The van der Waals surface area contributed by atoms with E-state index in [9.17, 15) is 19.8 Å². The van der Waals surface area contributed by atoms with Crippen molar-refractivity contribution in [1.29, 1.82) is 0 Å². The number of benzene rings is 2. The molecule has 0 fully saturated rings. The second-order valence-electron chi connectivity index (χ2n) is 4.64. The lowest BCUT2D eigenvalue weighted by molar-refractivity contribution is 0.103. The van der Waals surface area contributed by atoms with E-state index in [1.165, 1.54) is 38.5 Å². The summed E-state index contributed by atoms with van der Waals surface area (Å²) in [6, 6.07) is 5.16. The van der Waals surface area contributed by atoms with Gasteiger partial charge in [-0.05, 0) is 24.3 Å². The molecule has 0 bridgehead atoms. The summed E-state index contributed by atoms with van der Waals surface area (Å²) in [5.41, 5.74) is 5.67. The number of carbonyl (C=O) groups is 2. The van der Waals surface area contributed by atoms with Crippen LogP contribution in [0.4, 0.5) is 5.69 Å². The molecule has 0 radical (unpaired) electrons. The predicted octanol–water partition coefficient (Wildman–Crippen LogP) is 1.74. The van der Waals surface area contributed by atoms with E-state index in [2.05, 4.69) is 0 Å². The fourth-order valence-corrected chi connectivity index (χ4v) is 2.13. The summed E-state index contributed by atoms with van der Waals surface area (Å²) in [4.78, 5) is 23.7. The molecule has 0 aromatic heterocycles. The largest absolute Gasteiger partial charge is 0.504 e. The average molecular weight is 317 g/mol. The molecule has 0 saturated carbocycles. The van der Waals surface area contributed by atoms with Crippen LogP contribution in [-0.4, -0.2) is 36.5 Å². The van der Waals surface area contributed by atoms with Gasteiger partial charge in [0.2, 0.25) is 0 Å². The number of nitrogens with two attached hydrogens (primary N) is 1. The number of ketones is 1. The first-order chi connectivity index (χ1) is 10.9. The maximum Gasteiger partial charge on any atom is 0.197 e. The first-order valence-electron chi connectivity index (χ1n) is 6.50. The summed E-state index contributed by atoms with van der Waals surface area (Å²) >= 11 is 0. The molecule has 0 aliphatic carbocycles. The van der Waals surface area contributed by atoms with Gasteiger partial charge in [-0.25, -0.2) is 0 Å². The molecule has 7 nitrogen and oxygen atoms in total. The van der Waals surface area contributed by atoms with Crippen molar-refractivity contribution in [2.75, 3.05) is 20.0 Å². The third-order valence-corrected chi connectivity index (χ3v) is 3.34. The van der Waals surface area contributed by atoms with E-state index < -0.39 is 11.5 Å². The number of phenolic OH excluding ortho intramolecular Hbond substituents is 2. The van der Waals surface area contributed by atoms with Gasteiger partial charge in [-0.3, -0.25) is 9.59 Å². The van der Waals surface area contributed by atoms with Crippen molar-refractivity contribution in [3.8, 4) is 23.0 Å². The van der Waals surface area contributed by atoms with Gasteiger partial charge in [0.05, 0.1) is 25.5 Å². The topological polar surface area (TPSA) is 119 Å². The monoisotopic (exact) mass is 317 g/mol. The van der Waals surface area contributed by atoms with Crippen LogP contribution in [0.5, 0.6) is 23.0 Å². The van der Waals surface area contributed by atoms with Gasteiger partial charge >= 0.3 is 0 Å². The van der Waals surface area contributed by atoms with Gasteiger partial charge in [-0.15, -0.1) is 0 Å². The van der Waals surface area contributed by atoms with Gasteiger partial charge < -0.3 is 25.4 Å². The zero-order chi connectivity index (χ0) is 17.1. The molecule has 2 aromatic carbocycles. The standard InChI is InChI=1S/C16H15NO6/c1-22-12-6-8(3-4-11(12)19)14(20)10-5-9(7-18)13(17)16(23-2)15(10)21/h3-7,19,21H,17H2,1-2H3. The molecular weight excluding hydrogens is 302 g/mol. The number of aromatic hydroxyl groups is 2. The van der Waals surface area contributed by atoms with Crippen LogP contribution in [0, 0.1) is 0 Å². The molecule has 0 spiro atoms. The third kappa shape index (κ3) is 2.76. The number of aldehydes is 1. The van der Waals surface area contributed by atoms with E-state index in [-0.39, 0.29) is 39.6 Å². The van der Waals surface area contributed by atoms with Crippen LogP contribution in [0.3, 0.4) is 0 Å². The lowest BCUT2D eigenvalue weighted by Crippen LogP contribution is -2.07. The minimum absolute atomic E-state index is 0.0220. The first kappa shape index (κ1) is 16.2. The summed E-state index contributed by atoms with van der Waals surface area (Å²) in [5, 5.41) is 19.8. The summed E-state index contributed by atoms with van der Waals surface area (Å²) in [6.45, 7) is 0. The summed E-state index contributed by atoms with van der Waals surface area (Å²) in [6.07, 6.45) is 0.464. The number of hydrogen-bond donors (Lipinski definition) is 3. The highest BCUT2D eigenvalue weighted by atomic mass is 16.5. The minimum Gasteiger partial charge on any atom is -0.504 e. The van der Waals surface area contributed by atoms with Gasteiger partial charge in [0, 0.05) is 11.1 Å². The van der Waals surface area contributed by atoms with E-state index in [0.29, 0.717) is 6.29 Å². The highest BCUT2D eigenvalue weighted by molar-refractivity contribution is 6.13. The second-order valence-corrected chi connectivity index (χ2v) is 4.64. The number of methoxy groups -OCH3 is 2. The van der Waals surface area contributed by atoms with Gasteiger partial charge in [0.25, 0.3) is 0 Å². The molecule has 2 aromatic rings. The Labute approximate surface area is 131 Å². The molecule has 0 heterocycles. The van der Waals surface area contributed by atoms with Crippen LogP contribution in [0.25, 0.3) is 0 Å². The Morgan fingerprint density at radius 1 is 1.17 bits per heavy atom. The smallest absolute Gasteiger partial charge is 0.197 e. The number of ether oxygens (including phenoxy) is 2. The molecule has 4 N–H and O–H groups in total. The first-order valence-corrected chi connectivity index (χ1v) is 6.50. The fourth-order valence-electron chi connectivity index (χ4n) is 2.13. The number of phenols is 2. The molecule has 23 heavy (non-hydrogen) atoms. The molecule has 2 rings (SSSR count). The third-order valence-electron chi connectivity index (χ3n) is 3.34. The maximum absolute atomic E-state index is 12.6. The normalized spacial score (nSPS) is 10.2. The Hall–Kier alpha value is -3.22. The van der Waals surface area contributed by atoms with Crippen molar-refractivity contribution in [2.45, 2.75) is 0 Å². The van der Waals surface area contributed by atoms with Gasteiger partial charge in [-0.2, -0.15) is 0 Å². The molecule has 0 atom stereocenters. The lowest BCUT2D eigenvalue weighted by atomic mass is 9.98. The summed E-state index contributed by atoms with van der Waals surface area (Å²) in [5.74, 6) is -1.22. The average Bonchev–Trinajstić information content (AvgIpc) is 2.55. The summed E-state index contributed by atoms with van der Waals surface area (Å²) < 4.78 is 9.90. The van der Waals surface area contributed by atoms with Crippen molar-refractivity contribution in [2.24, 2.45) is 0 Å². The highest BCUT2D eigenvalue weighted by Gasteiger charge is 2.22. The van der Waals surface area contributed by atoms with Crippen molar-refractivity contribution < 1.29 is 29.3 Å². The molecular formula is C16H15NO6. The van der Waals surface area contributed by atoms with E-state index >= 15 is 0 Å². The Morgan fingerprint density at radius 2 is 1.87 bits per heavy atom. The SMILES string of the molecule is COc1cc(C(=O)c2cc(C=O)c(N)c(OC)c2O)ccc1O. The maximum atomic E-state index is 12.6. The van der Waals surface area contributed by atoms with Crippen molar-refractivity contribution in [1.82, 2.24) is 0 Å². The van der Waals surface area contributed by atoms with E-state index in [1.54, 1.807) is 0 Å². The molecule has 0 saturated heterocycles. The predicted molar refractivity (Wildman–Crippen MR) is 82.6 cm³/mol. The number of carbonyl (C=O) groups excluding carboxylic acids is 2. The summed E-state index contributed by atoms with van der Waals surface area (Å²) in [7, 11) is 2.61. The van der Waals surface area contributed by atoms with Crippen LogP contribution < -0.4 is 15.2 Å². The molecule has 0 amide bonds. The number of anilines is 1. The van der Waals surface area contributed by atoms with Gasteiger partial charge in [-0.1, -0.05) is 0 Å².